The van der Waals surface area contributed by atoms with Crippen LogP contribution in [0.3, 0.4) is 0 Å². The molecule has 0 spiro atoms. The standard InChI is InChI=1S/C83H158N22O18/c1-16-50(12)66(103-65(108)43-89)82(122)100-62(42-49(10)11)78(118)101-64(45-107)80(120)102-63(44-106)79(119)99-61(41-48(8)9)77(117)98-60(40-47(6)7)76(116)96-55(30-20-25-35-85)71(111)93-57(32-22-27-37-87)73(113)97-59(39-46(4)5)75(115)95-56(31-21-26-36-86)72(112)94-58(33-23-28-38-88)74(114)104-68(52(14)18-3)83(123)105-67(51(13)17-2)81(121)91-53(15)70(110)92-54(69(90)109)29-19-24-34-84/h46-64,66-68,106-107H,16-45,84-89H2,1-15H3,(H2,90,109)(H,91,121)(H,92,110)(H,93,111)(H,94,112)(H,95,115)(H,96,116)(H,97,113)(H,98,117)(H,99,119)(H,100,122)(H,101,118)(H,102,120)(H,103,108)(H,104,114)(H,105,123)/t50-,51-,52-,53-,54-,55-,56-,57-,58-,59-,60-,61-,62-,63-,64-,66-,67-,68-/m0/s1. The first kappa shape index (κ1) is 114. The van der Waals surface area contributed by atoms with Gasteiger partial charge in [-0.1, -0.05) is 116 Å². The van der Waals surface area contributed by atoms with Crippen molar-refractivity contribution in [3.05, 3.63) is 0 Å². The van der Waals surface area contributed by atoms with Crippen molar-refractivity contribution < 1.29 is 86.9 Å². The Morgan fingerprint density at radius 3 is 0.699 bits per heavy atom. The lowest BCUT2D eigenvalue weighted by Gasteiger charge is -2.31. The first-order chi connectivity index (χ1) is 58.0. The van der Waals surface area contributed by atoms with Gasteiger partial charge in [0.1, 0.15) is 90.6 Å². The third-order valence-electron chi connectivity index (χ3n) is 21.3. The van der Waals surface area contributed by atoms with Gasteiger partial charge in [-0.3, -0.25) is 76.7 Å². The molecule has 0 saturated carbocycles. The molecule has 0 aliphatic heterocycles. The summed E-state index contributed by atoms with van der Waals surface area (Å²) < 4.78 is 0. The monoisotopic (exact) mass is 1750 g/mol. The second-order valence-electron chi connectivity index (χ2n) is 34.0. The van der Waals surface area contributed by atoms with Gasteiger partial charge >= 0.3 is 0 Å². The molecule has 0 aromatic heterocycles. The van der Waals surface area contributed by atoms with Gasteiger partial charge in [0.05, 0.1) is 19.8 Å². The summed E-state index contributed by atoms with van der Waals surface area (Å²) in [6.07, 6.45) is 5.46. The number of primary amides is 1. The Balaban J connectivity index is 7.24. The van der Waals surface area contributed by atoms with E-state index >= 15 is 0 Å². The Labute approximate surface area is 727 Å². The molecule has 31 N–H and O–H groups in total. The van der Waals surface area contributed by atoms with Crippen molar-refractivity contribution >= 4 is 94.5 Å². The number of aliphatic hydroxyl groups is 2. The highest BCUT2D eigenvalue weighted by Gasteiger charge is 2.40. The predicted octanol–water partition coefficient (Wildman–Crippen LogP) is -3.33. The highest BCUT2D eigenvalue weighted by molar-refractivity contribution is 6.01. The lowest BCUT2D eigenvalue weighted by atomic mass is 9.94. The topological polar surface area (TPSA) is 676 Å². The Bertz CT molecular complexity index is 3260. The van der Waals surface area contributed by atoms with Crippen molar-refractivity contribution in [3.8, 4) is 0 Å². The van der Waals surface area contributed by atoms with Gasteiger partial charge in [0.15, 0.2) is 0 Å². The second-order valence-corrected chi connectivity index (χ2v) is 34.0. The zero-order chi connectivity index (χ0) is 93.8. The summed E-state index contributed by atoms with van der Waals surface area (Å²) in [6.45, 7) is 24.9. The minimum Gasteiger partial charge on any atom is -0.394 e. The minimum atomic E-state index is -1.78. The largest absolute Gasteiger partial charge is 0.394 e. The van der Waals surface area contributed by atoms with E-state index in [-0.39, 0.29) is 114 Å². The molecule has 0 fully saturated rings. The van der Waals surface area contributed by atoms with Gasteiger partial charge in [-0.2, -0.15) is 0 Å². The van der Waals surface area contributed by atoms with Crippen molar-refractivity contribution in [2.75, 3.05) is 52.5 Å². The average Bonchev–Trinajstić information content (AvgIpc) is 0.867. The summed E-state index contributed by atoms with van der Waals surface area (Å²) in [5.74, 6) is -15.5. The quantitative estimate of drug-likeness (QED) is 0.0265. The van der Waals surface area contributed by atoms with Gasteiger partial charge in [0, 0.05) is 0 Å². The fraction of sp³-hybridized carbons (Fsp3) is 0.807. The van der Waals surface area contributed by atoms with E-state index < -0.39 is 217 Å². The molecule has 0 heterocycles. The van der Waals surface area contributed by atoms with E-state index in [0.29, 0.717) is 90.0 Å². The molecule has 18 atom stereocenters. The molecule has 0 aliphatic rings. The highest BCUT2D eigenvalue weighted by atomic mass is 16.3. The third kappa shape index (κ3) is 45.1. The van der Waals surface area contributed by atoms with E-state index in [1.165, 1.54) is 6.92 Å². The summed E-state index contributed by atoms with van der Waals surface area (Å²) in [5.41, 5.74) is 40.3. The zero-order valence-electron chi connectivity index (χ0n) is 75.9. The van der Waals surface area contributed by atoms with Crippen LogP contribution in [0.2, 0.25) is 0 Å². The molecule has 0 unspecified atom stereocenters. The highest BCUT2D eigenvalue weighted by Crippen LogP contribution is 2.19. The van der Waals surface area contributed by atoms with E-state index in [9.17, 15) is 86.9 Å². The lowest BCUT2D eigenvalue weighted by Crippen LogP contribution is -2.62. The summed E-state index contributed by atoms with van der Waals surface area (Å²) in [5, 5.41) is 60.8. The maximum Gasteiger partial charge on any atom is 0.245 e. The maximum atomic E-state index is 14.8. The third-order valence-corrected chi connectivity index (χ3v) is 21.3. The van der Waals surface area contributed by atoms with Gasteiger partial charge in [0.2, 0.25) is 94.5 Å². The molecule has 0 saturated heterocycles. The van der Waals surface area contributed by atoms with Crippen molar-refractivity contribution in [2.24, 2.45) is 81.6 Å². The van der Waals surface area contributed by atoms with Crippen LogP contribution in [-0.4, -0.2) is 248 Å². The van der Waals surface area contributed by atoms with E-state index in [2.05, 4.69) is 79.8 Å². The smallest absolute Gasteiger partial charge is 0.245 e. The molecule has 0 aromatic carbocycles. The fourth-order valence-corrected chi connectivity index (χ4v) is 13.2. The average molecular weight is 1750 g/mol. The van der Waals surface area contributed by atoms with Crippen molar-refractivity contribution in [2.45, 2.75) is 336 Å². The number of nitrogens with two attached hydrogens (primary N) is 7. The van der Waals surface area contributed by atoms with Crippen molar-refractivity contribution in [1.82, 2.24) is 79.8 Å². The number of carbonyl (C=O) groups excluding carboxylic acids is 16. The Kier molecular flexibility index (Phi) is 58.6. The molecule has 40 heteroatoms. The van der Waals surface area contributed by atoms with Crippen LogP contribution in [0.4, 0.5) is 0 Å². The van der Waals surface area contributed by atoms with Crippen LogP contribution in [-0.2, 0) is 76.7 Å². The lowest BCUT2D eigenvalue weighted by molar-refractivity contribution is -0.137. The number of carbonyl (C=O) groups is 16. The first-order valence-corrected chi connectivity index (χ1v) is 44.3. The summed E-state index contributed by atoms with van der Waals surface area (Å²) >= 11 is 0. The van der Waals surface area contributed by atoms with Gasteiger partial charge in [0.25, 0.3) is 0 Å². The molecule has 0 bridgehead atoms. The van der Waals surface area contributed by atoms with Crippen LogP contribution in [0, 0.1) is 41.4 Å². The molecular formula is C83H158N22O18. The molecule has 40 nitrogen and oxygen atoms in total. The number of rotatable bonds is 67. The summed E-state index contributed by atoms with van der Waals surface area (Å²) in [4.78, 5) is 225. The molecule has 0 rings (SSSR count). The molecular weight excluding hydrogens is 1590 g/mol. The van der Waals surface area contributed by atoms with E-state index in [4.69, 9.17) is 40.1 Å². The van der Waals surface area contributed by atoms with Crippen LogP contribution in [0.1, 0.15) is 245 Å². The van der Waals surface area contributed by atoms with Gasteiger partial charge in [-0.25, -0.2) is 0 Å². The van der Waals surface area contributed by atoms with E-state index in [0.717, 1.165) is 0 Å². The SMILES string of the molecule is CC[C@H](C)[C@H](NC(=O)CN)C(=O)N[C@@H](CC(C)C)C(=O)N[C@@H](CO)C(=O)N[C@@H](CO)C(=O)N[C@@H](CC(C)C)C(=O)N[C@@H](CC(C)C)C(=O)N[C@@H](CCCCN)C(=O)N[C@@H](CCCCN)C(=O)N[C@@H](CC(C)C)C(=O)N[C@@H](CCCCN)C(=O)N[C@@H](CCCCN)C(=O)N[C@H](C(=O)N[C@H](C(=O)N[C@@H](C)C(=O)N[C@@H](CCCCN)C(N)=O)[C@@H](C)CC)[C@@H](C)CC. The predicted molar refractivity (Wildman–Crippen MR) is 468 cm³/mol. The van der Waals surface area contributed by atoms with Gasteiger partial charge in [-0.05, 0) is 203 Å². The number of hydrogen-bond acceptors (Lipinski definition) is 24. The molecule has 123 heavy (non-hydrogen) atoms. The fourth-order valence-electron chi connectivity index (χ4n) is 13.2. The van der Waals surface area contributed by atoms with Gasteiger partial charge < -0.3 is 130 Å². The Hall–Kier alpha value is -8.80. The molecule has 708 valence electrons. The van der Waals surface area contributed by atoms with Crippen LogP contribution in [0.15, 0.2) is 0 Å². The number of unbranched alkanes of at least 4 members (excludes halogenated alkanes) is 5. The van der Waals surface area contributed by atoms with Crippen LogP contribution >= 0.6 is 0 Å². The van der Waals surface area contributed by atoms with Crippen LogP contribution < -0.4 is 120 Å². The summed E-state index contributed by atoms with van der Waals surface area (Å²) in [6, 6.07) is -20.1. The Morgan fingerprint density at radius 1 is 0.244 bits per heavy atom. The molecule has 16 amide bonds. The minimum absolute atomic E-state index is 0.00903. The zero-order valence-corrected chi connectivity index (χ0v) is 75.9. The van der Waals surface area contributed by atoms with Crippen molar-refractivity contribution in [3.63, 3.8) is 0 Å². The maximum absolute atomic E-state index is 14.8. The van der Waals surface area contributed by atoms with Crippen molar-refractivity contribution in [1.29, 1.82) is 0 Å². The van der Waals surface area contributed by atoms with E-state index in [1.807, 2.05) is 0 Å². The van der Waals surface area contributed by atoms with Crippen LogP contribution in [0.5, 0.6) is 0 Å². The van der Waals surface area contributed by atoms with E-state index in [1.54, 1.807) is 96.9 Å². The molecule has 0 radical (unpaired) electrons. The number of amides is 16. The number of hydrogen-bond donors (Lipinski definition) is 24. The molecule has 0 aliphatic carbocycles. The Morgan fingerprint density at radius 2 is 0.447 bits per heavy atom. The van der Waals surface area contributed by atoms with Crippen LogP contribution in [0.25, 0.3) is 0 Å². The normalized spacial score (nSPS) is 15.9. The summed E-state index contributed by atoms with van der Waals surface area (Å²) in [7, 11) is 0. The second kappa shape index (κ2) is 63.2. The molecule has 0 aromatic rings. The number of aliphatic hydroxyl groups excluding tert-OH is 2. The first-order valence-electron chi connectivity index (χ1n) is 44.3. The van der Waals surface area contributed by atoms with Gasteiger partial charge in [-0.15, -0.1) is 0 Å². The number of nitrogens with one attached hydrogen (secondary N) is 15.